The molecule has 0 bridgehead atoms. The Morgan fingerprint density at radius 2 is 2.00 bits per heavy atom. The van der Waals surface area contributed by atoms with Crippen molar-refractivity contribution in [1.29, 1.82) is 0 Å². The van der Waals surface area contributed by atoms with Crippen molar-refractivity contribution in [2.75, 3.05) is 45.9 Å². The van der Waals surface area contributed by atoms with Gasteiger partial charge in [0.05, 0.1) is 32.0 Å². The number of piperidine rings is 1. The Bertz CT molecular complexity index is 432. The standard InChI is InChI=1S/C15H24F2N2O4/c16-15(17)7-11(20)8-19(10-15)14(21)13-2-1-12(23-13)9-18-3-5-22-6-4-18/h11-13,20H,1-10H2/t11?,12-,13+/m1/s1. The van der Waals surface area contributed by atoms with E-state index in [1.54, 1.807) is 0 Å². The van der Waals surface area contributed by atoms with E-state index >= 15 is 0 Å². The third kappa shape index (κ3) is 4.37. The largest absolute Gasteiger partial charge is 0.391 e. The third-order valence-corrected chi connectivity index (χ3v) is 4.65. The van der Waals surface area contributed by atoms with Crippen LogP contribution in [0.5, 0.6) is 0 Å². The van der Waals surface area contributed by atoms with Gasteiger partial charge < -0.3 is 19.5 Å². The quantitative estimate of drug-likeness (QED) is 0.793. The zero-order chi connectivity index (χ0) is 16.4. The number of morpholine rings is 1. The van der Waals surface area contributed by atoms with Crippen molar-refractivity contribution in [3.63, 3.8) is 0 Å². The molecular weight excluding hydrogens is 310 g/mol. The van der Waals surface area contributed by atoms with Gasteiger partial charge in [-0.2, -0.15) is 0 Å². The van der Waals surface area contributed by atoms with Crippen molar-refractivity contribution < 1.29 is 28.2 Å². The lowest BCUT2D eigenvalue weighted by Gasteiger charge is -2.36. The maximum absolute atomic E-state index is 13.5. The SMILES string of the molecule is O=C([C@@H]1CC[C@H](CN2CCOCC2)O1)N1CC(O)CC(F)(F)C1. The second-order valence-corrected chi connectivity index (χ2v) is 6.67. The van der Waals surface area contributed by atoms with Gasteiger partial charge in [0.25, 0.3) is 11.8 Å². The molecule has 8 heteroatoms. The zero-order valence-corrected chi connectivity index (χ0v) is 13.1. The Morgan fingerprint density at radius 3 is 2.70 bits per heavy atom. The summed E-state index contributed by atoms with van der Waals surface area (Å²) in [4.78, 5) is 15.7. The van der Waals surface area contributed by atoms with Gasteiger partial charge in [0, 0.05) is 32.6 Å². The Labute approximate surface area is 134 Å². The molecule has 132 valence electrons. The van der Waals surface area contributed by atoms with Gasteiger partial charge in [0.1, 0.15) is 6.10 Å². The number of likely N-dealkylation sites (tertiary alicyclic amines) is 1. The number of alkyl halides is 2. The molecule has 3 fully saturated rings. The molecule has 1 unspecified atom stereocenters. The molecule has 23 heavy (non-hydrogen) atoms. The van der Waals surface area contributed by atoms with Gasteiger partial charge in [-0.15, -0.1) is 0 Å². The zero-order valence-electron chi connectivity index (χ0n) is 13.1. The first-order valence-corrected chi connectivity index (χ1v) is 8.23. The number of β-amino-alcohol motifs (C(OH)–C–C–N with tert-alkyl or cyclic N) is 1. The van der Waals surface area contributed by atoms with Crippen LogP contribution in [0.25, 0.3) is 0 Å². The first-order chi connectivity index (χ1) is 10.9. The number of nitrogens with zero attached hydrogens (tertiary/aromatic N) is 2. The topological polar surface area (TPSA) is 62.2 Å². The summed E-state index contributed by atoms with van der Waals surface area (Å²) in [6.45, 7) is 3.18. The smallest absolute Gasteiger partial charge is 0.267 e. The average molecular weight is 334 g/mol. The summed E-state index contributed by atoms with van der Waals surface area (Å²) in [6, 6.07) is 0. The summed E-state index contributed by atoms with van der Waals surface area (Å²) in [6.07, 6.45) is -1.17. The Balaban J connectivity index is 1.50. The summed E-state index contributed by atoms with van der Waals surface area (Å²) in [5.41, 5.74) is 0. The lowest BCUT2D eigenvalue weighted by Crippen LogP contribution is -2.54. The van der Waals surface area contributed by atoms with E-state index in [0.717, 1.165) is 31.0 Å². The molecule has 0 aliphatic carbocycles. The predicted octanol–water partition coefficient (Wildman–Crippen LogP) is 0.0947. The molecule has 0 saturated carbocycles. The molecule has 6 nitrogen and oxygen atoms in total. The van der Waals surface area contributed by atoms with Crippen molar-refractivity contribution in [3.8, 4) is 0 Å². The summed E-state index contributed by atoms with van der Waals surface area (Å²) >= 11 is 0. The minimum absolute atomic E-state index is 0.0393. The van der Waals surface area contributed by atoms with E-state index in [-0.39, 0.29) is 12.6 Å². The molecule has 0 radical (unpaired) electrons. The van der Waals surface area contributed by atoms with Crippen molar-refractivity contribution in [2.45, 2.75) is 43.5 Å². The van der Waals surface area contributed by atoms with Crippen LogP contribution in [0, 0.1) is 0 Å². The lowest BCUT2D eigenvalue weighted by molar-refractivity contribution is -0.161. The highest BCUT2D eigenvalue weighted by Crippen LogP contribution is 2.29. The van der Waals surface area contributed by atoms with Crippen molar-refractivity contribution >= 4 is 5.91 Å². The van der Waals surface area contributed by atoms with Crippen molar-refractivity contribution in [1.82, 2.24) is 9.80 Å². The monoisotopic (exact) mass is 334 g/mol. The summed E-state index contributed by atoms with van der Waals surface area (Å²) < 4.78 is 38.1. The second-order valence-electron chi connectivity index (χ2n) is 6.67. The van der Waals surface area contributed by atoms with Crippen LogP contribution < -0.4 is 0 Å². The number of halogens is 2. The summed E-state index contributed by atoms with van der Waals surface area (Å²) in [7, 11) is 0. The Hall–Kier alpha value is -0.830. The fourth-order valence-electron chi connectivity index (χ4n) is 3.54. The molecule has 0 aromatic rings. The molecule has 3 aliphatic heterocycles. The van der Waals surface area contributed by atoms with Crippen molar-refractivity contribution in [3.05, 3.63) is 0 Å². The summed E-state index contributed by atoms with van der Waals surface area (Å²) in [5.74, 6) is -3.45. The molecular formula is C15H24F2N2O4. The number of aliphatic hydroxyl groups is 1. The van der Waals surface area contributed by atoms with Crippen LogP contribution >= 0.6 is 0 Å². The molecule has 3 saturated heterocycles. The van der Waals surface area contributed by atoms with E-state index in [0.29, 0.717) is 19.6 Å². The number of hydrogen-bond acceptors (Lipinski definition) is 5. The Morgan fingerprint density at radius 1 is 1.26 bits per heavy atom. The van der Waals surface area contributed by atoms with Gasteiger partial charge in [-0.1, -0.05) is 0 Å². The number of carbonyl (C=O) groups is 1. The highest BCUT2D eigenvalue weighted by molar-refractivity contribution is 5.81. The first kappa shape index (κ1) is 17.0. The number of ether oxygens (including phenoxy) is 2. The fraction of sp³-hybridized carbons (Fsp3) is 0.933. The van der Waals surface area contributed by atoms with Crippen LogP contribution in [0.2, 0.25) is 0 Å². The van der Waals surface area contributed by atoms with E-state index in [9.17, 15) is 18.7 Å². The first-order valence-electron chi connectivity index (χ1n) is 8.23. The van der Waals surface area contributed by atoms with Gasteiger partial charge in [0.2, 0.25) is 0 Å². The molecule has 3 rings (SSSR count). The van der Waals surface area contributed by atoms with E-state index in [2.05, 4.69) is 4.90 Å². The highest BCUT2D eigenvalue weighted by atomic mass is 19.3. The maximum atomic E-state index is 13.5. The van der Waals surface area contributed by atoms with Crippen LogP contribution in [0.1, 0.15) is 19.3 Å². The van der Waals surface area contributed by atoms with Gasteiger partial charge in [-0.05, 0) is 12.8 Å². The van der Waals surface area contributed by atoms with Gasteiger partial charge in [0.15, 0.2) is 0 Å². The van der Waals surface area contributed by atoms with Crippen LogP contribution in [0.4, 0.5) is 8.78 Å². The predicted molar refractivity (Wildman–Crippen MR) is 77.3 cm³/mol. The minimum Gasteiger partial charge on any atom is -0.391 e. The van der Waals surface area contributed by atoms with Crippen LogP contribution in [0.15, 0.2) is 0 Å². The fourth-order valence-corrected chi connectivity index (χ4v) is 3.54. The minimum atomic E-state index is -3.03. The van der Waals surface area contributed by atoms with E-state index in [4.69, 9.17) is 9.47 Å². The third-order valence-electron chi connectivity index (χ3n) is 4.65. The molecule has 3 aliphatic rings. The van der Waals surface area contributed by atoms with E-state index in [1.807, 2.05) is 0 Å². The molecule has 3 heterocycles. The molecule has 1 amide bonds. The van der Waals surface area contributed by atoms with Crippen molar-refractivity contribution in [2.24, 2.45) is 0 Å². The molecule has 0 aromatic heterocycles. The number of rotatable bonds is 3. The maximum Gasteiger partial charge on any atom is 0.267 e. The van der Waals surface area contributed by atoms with Crippen LogP contribution in [-0.2, 0) is 14.3 Å². The number of amides is 1. The van der Waals surface area contributed by atoms with E-state index < -0.39 is 37.0 Å². The lowest BCUT2D eigenvalue weighted by atomic mass is 10.0. The van der Waals surface area contributed by atoms with Gasteiger partial charge >= 0.3 is 0 Å². The highest BCUT2D eigenvalue weighted by Gasteiger charge is 2.44. The molecule has 0 spiro atoms. The molecule has 1 N–H and O–H groups in total. The number of hydrogen-bond donors (Lipinski definition) is 1. The van der Waals surface area contributed by atoms with E-state index in [1.165, 1.54) is 0 Å². The average Bonchev–Trinajstić information content (AvgIpc) is 2.94. The van der Waals surface area contributed by atoms with Gasteiger partial charge in [-0.3, -0.25) is 9.69 Å². The number of aliphatic hydroxyl groups excluding tert-OH is 1. The van der Waals surface area contributed by atoms with Crippen LogP contribution in [0.3, 0.4) is 0 Å². The van der Waals surface area contributed by atoms with Gasteiger partial charge in [-0.25, -0.2) is 8.78 Å². The number of carbonyl (C=O) groups excluding carboxylic acids is 1. The van der Waals surface area contributed by atoms with Crippen LogP contribution in [-0.4, -0.2) is 91.0 Å². The molecule has 0 aromatic carbocycles. The molecule has 3 atom stereocenters. The summed E-state index contributed by atoms with van der Waals surface area (Å²) in [5, 5.41) is 9.54. The Kier molecular flexibility index (Phi) is 5.15. The normalized spacial score (nSPS) is 35.4. The second kappa shape index (κ2) is 6.96.